The predicted molar refractivity (Wildman–Crippen MR) is 108 cm³/mol. The maximum absolute atomic E-state index is 13.0. The Morgan fingerprint density at radius 1 is 1.21 bits per heavy atom. The molecule has 3 aromatic rings. The number of rotatable bonds is 7. The van der Waals surface area contributed by atoms with Crippen molar-refractivity contribution in [2.75, 3.05) is 6.54 Å². The lowest BCUT2D eigenvalue weighted by molar-refractivity contribution is -0.121. The van der Waals surface area contributed by atoms with Crippen molar-refractivity contribution in [3.63, 3.8) is 0 Å². The topological polar surface area (TPSA) is 63.6 Å². The first-order valence-electron chi connectivity index (χ1n) is 9.23. The number of fused-ring (bicyclic) bond motifs is 1. The minimum Gasteiger partial charge on any atom is -0.390 e. The zero-order chi connectivity index (χ0) is 19.3. The van der Waals surface area contributed by atoms with Crippen LogP contribution in [0.15, 0.2) is 53.7 Å². The Morgan fingerprint density at radius 3 is 2.86 bits per heavy atom. The summed E-state index contributed by atoms with van der Waals surface area (Å²) < 4.78 is 14.1. The van der Waals surface area contributed by atoms with Gasteiger partial charge in [-0.05, 0) is 29.8 Å². The number of amides is 1. The fourth-order valence-electron chi connectivity index (χ4n) is 3.10. The van der Waals surface area contributed by atoms with Gasteiger partial charge < -0.3 is 10.2 Å². The first-order valence-corrected chi connectivity index (χ1v) is 10.0. The first kappa shape index (κ1) is 18.6. The highest BCUT2D eigenvalue weighted by molar-refractivity contribution is 7.18. The molecule has 0 saturated carbocycles. The van der Waals surface area contributed by atoms with Crippen LogP contribution in [0.4, 0.5) is 4.39 Å². The van der Waals surface area contributed by atoms with Crippen molar-refractivity contribution < 1.29 is 14.0 Å². The van der Waals surface area contributed by atoms with E-state index in [0.717, 1.165) is 26.5 Å². The molecule has 0 fully saturated rings. The van der Waals surface area contributed by atoms with Crippen LogP contribution in [-0.2, 0) is 22.5 Å². The predicted octanol–water partition coefficient (Wildman–Crippen LogP) is 3.87. The molecule has 28 heavy (non-hydrogen) atoms. The van der Waals surface area contributed by atoms with Gasteiger partial charge in [-0.25, -0.2) is 9.37 Å². The van der Waals surface area contributed by atoms with Gasteiger partial charge in [-0.15, -0.1) is 11.3 Å². The Morgan fingerprint density at radius 2 is 2.04 bits per heavy atom. The molecule has 1 aliphatic rings. The Balaban J connectivity index is 1.18. The Hall–Kier alpha value is -2.80. The molecule has 1 aliphatic heterocycles. The molecule has 2 heterocycles. The van der Waals surface area contributed by atoms with Gasteiger partial charge in [0.05, 0.1) is 27.5 Å². The minimum atomic E-state index is -0.250. The van der Waals surface area contributed by atoms with Gasteiger partial charge in [0.25, 0.3) is 0 Å². The van der Waals surface area contributed by atoms with E-state index in [1.165, 1.54) is 12.1 Å². The van der Waals surface area contributed by atoms with Crippen LogP contribution < -0.4 is 5.32 Å². The third kappa shape index (κ3) is 4.72. The first-order chi connectivity index (χ1) is 13.7. The van der Waals surface area contributed by atoms with E-state index in [0.29, 0.717) is 32.2 Å². The largest absolute Gasteiger partial charge is 0.390 e. The van der Waals surface area contributed by atoms with Crippen molar-refractivity contribution in [3.05, 3.63) is 64.9 Å². The standard InChI is InChI=1S/C21H20FN3O2S/c22-15-7-5-14(6-8-15)11-16-12-17(27-25-16)13-23-20(26)9-10-21-24-18-3-1-2-4-19(18)28-21/h1-8,17H,9-13H2,(H,23,26). The number of aromatic nitrogens is 1. The number of carbonyl (C=O) groups excluding carboxylic acids is 1. The summed E-state index contributed by atoms with van der Waals surface area (Å²) in [4.78, 5) is 22.1. The molecule has 144 valence electrons. The number of hydrogen-bond acceptors (Lipinski definition) is 5. The summed E-state index contributed by atoms with van der Waals surface area (Å²) in [6, 6.07) is 14.3. The number of thiazole rings is 1. The minimum absolute atomic E-state index is 0.0187. The summed E-state index contributed by atoms with van der Waals surface area (Å²) in [6.45, 7) is 0.426. The van der Waals surface area contributed by atoms with E-state index in [2.05, 4.69) is 15.5 Å². The van der Waals surface area contributed by atoms with Crippen molar-refractivity contribution in [3.8, 4) is 0 Å². The molecule has 2 aromatic carbocycles. The lowest BCUT2D eigenvalue weighted by Gasteiger charge is -2.09. The molecule has 0 bridgehead atoms. The molecule has 7 heteroatoms. The monoisotopic (exact) mass is 397 g/mol. The number of aryl methyl sites for hydroxylation is 1. The number of carbonyl (C=O) groups is 1. The molecule has 1 atom stereocenters. The SMILES string of the molecule is O=C(CCc1nc2ccccc2s1)NCC1CC(Cc2ccc(F)cc2)=NO1. The number of nitrogens with one attached hydrogen (secondary N) is 1. The van der Waals surface area contributed by atoms with Crippen LogP contribution in [0.2, 0.25) is 0 Å². The molecular weight excluding hydrogens is 377 g/mol. The molecule has 4 rings (SSSR count). The molecule has 0 saturated heterocycles. The fourth-order valence-corrected chi connectivity index (χ4v) is 4.07. The van der Waals surface area contributed by atoms with Gasteiger partial charge in [-0.1, -0.05) is 29.4 Å². The highest BCUT2D eigenvalue weighted by atomic mass is 32.1. The van der Waals surface area contributed by atoms with E-state index >= 15 is 0 Å². The molecule has 1 unspecified atom stereocenters. The van der Waals surface area contributed by atoms with Crippen LogP contribution in [0.5, 0.6) is 0 Å². The summed E-state index contributed by atoms with van der Waals surface area (Å²) in [7, 11) is 0. The quantitative estimate of drug-likeness (QED) is 0.658. The maximum atomic E-state index is 13.0. The van der Waals surface area contributed by atoms with Gasteiger partial charge >= 0.3 is 0 Å². The summed E-state index contributed by atoms with van der Waals surface area (Å²) in [5, 5.41) is 7.98. The number of para-hydroxylation sites is 1. The molecule has 0 radical (unpaired) electrons. The van der Waals surface area contributed by atoms with E-state index in [-0.39, 0.29) is 17.8 Å². The zero-order valence-corrected chi connectivity index (χ0v) is 16.0. The molecule has 1 N–H and O–H groups in total. The van der Waals surface area contributed by atoms with Crippen LogP contribution >= 0.6 is 11.3 Å². The van der Waals surface area contributed by atoms with Gasteiger partial charge in [-0.2, -0.15) is 0 Å². The summed E-state index contributed by atoms with van der Waals surface area (Å²) >= 11 is 1.63. The van der Waals surface area contributed by atoms with Crippen molar-refractivity contribution in [2.45, 2.75) is 31.8 Å². The van der Waals surface area contributed by atoms with Crippen molar-refractivity contribution in [2.24, 2.45) is 5.16 Å². The lowest BCUT2D eigenvalue weighted by Crippen LogP contribution is -2.32. The van der Waals surface area contributed by atoms with Gasteiger partial charge in [-0.3, -0.25) is 4.79 Å². The number of nitrogens with zero attached hydrogens (tertiary/aromatic N) is 2. The summed E-state index contributed by atoms with van der Waals surface area (Å²) in [5.41, 5.74) is 2.87. The Kier molecular flexibility index (Phi) is 5.62. The van der Waals surface area contributed by atoms with Crippen LogP contribution in [0.3, 0.4) is 0 Å². The lowest BCUT2D eigenvalue weighted by atomic mass is 10.0. The fraction of sp³-hybridized carbons (Fsp3) is 0.286. The van der Waals surface area contributed by atoms with Crippen LogP contribution in [0.1, 0.15) is 23.4 Å². The molecule has 5 nitrogen and oxygen atoms in total. The summed E-state index contributed by atoms with van der Waals surface area (Å²) in [5.74, 6) is -0.269. The number of oxime groups is 1. The summed E-state index contributed by atoms with van der Waals surface area (Å²) in [6.07, 6.45) is 2.17. The molecule has 1 aromatic heterocycles. The van der Waals surface area contributed by atoms with E-state index in [1.807, 2.05) is 24.3 Å². The van der Waals surface area contributed by atoms with E-state index in [9.17, 15) is 9.18 Å². The maximum Gasteiger partial charge on any atom is 0.220 e. The molecule has 0 spiro atoms. The van der Waals surface area contributed by atoms with Gasteiger partial charge in [0.2, 0.25) is 5.91 Å². The van der Waals surface area contributed by atoms with Crippen LogP contribution in [0.25, 0.3) is 10.2 Å². The Labute approximate surface area is 166 Å². The third-order valence-electron chi connectivity index (χ3n) is 4.55. The average Bonchev–Trinajstić information content (AvgIpc) is 3.33. The van der Waals surface area contributed by atoms with E-state index < -0.39 is 0 Å². The zero-order valence-electron chi connectivity index (χ0n) is 15.2. The normalized spacial score (nSPS) is 16.0. The number of benzene rings is 2. The van der Waals surface area contributed by atoms with Crippen LogP contribution in [-0.4, -0.2) is 29.3 Å². The highest BCUT2D eigenvalue weighted by Crippen LogP contribution is 2.22. The Bertz CT molecular complexity index is 967. The van der Waals surface area contributed by atoms with Gasteiger partial charge in [0, 0.05) is 25.7 Å². The molecule has 0 aliphatic carbocycles. The van der Waals surface area contributed by atoms with Crippen molar-refractivity contribution in [1.29, 1.82) is 0 Å². The highest BCUT2D eigenvalue weighted by Gasteiger charge is 2.21. The second-order valence-corrected chi connectivity index (χ2v) is 7.89. The number of halogens is 1. The smallest absolute Gasteiger partial charge is 0.220 e. The molecule has 1 amide bonds. The van der Waals surface area contributed by atoms with Gasteiger partial charge in [0.15, 0.2) is 0 Å². The van der Waals surface area contributed by atoms with Crippen LogP contribution in [0, 0.1) is 5.82 Å². The third-order valence-corrected chi connectivity index (χ3v) is 5.64. The molecular formula is C21H20FN3O2S. The second-order valence-electron chi connectivity index (χ2n) is 6.77. The number of hydrogen-bond donors (Lipinski definition) is 1. The second kappa shape index (κ2) is 8.48. The van der Waals surface area contributed by atoms with E-state index in [4.69, 9.17) is 4.84 Å². The van der Waals surface area contributed by atoms with Gasteiger partial charge in [0.1, 0.15) is 11.9 Å². The van der Waals surface area contributed by atoms with Crippen molar-refractivity contribution in [1.82, 2.24) is 10.3 Å². The average molecular weight is 397 g/mol. The van der Waals surface area contributed by atoms with Crippen molar-refractivity contribution >= 4 is 33.2 Å². The van der Waals surface area contributed by atoms with E-state index in [1.54, 1.807) is 23.5 Å².